The number of hydrogen-bond donors (Lipinski definition) is 2. The van der Waals surface area contributed by atoms with E-state index >= 15 is 0 Å². The first-order chi connectivity index (χ1) is 21.8. The molecule has 10 nitrogen and oxygen atoms in total. The van der Waals surface area contributed by atoms with Gasteiger partial charge >= 0.3 is 6.18 Å². The Labute approximate surface area is 258 Å². The van der Waals surface area contributed by atoms with E-state index in [1.807, 2.05) is 42.8 Å². The van der Waals surface area contributed by atoms with E-state index < -0.39 is 11.7 Å². The van der Waals surface area contributed by atoms with Crippen molar-refractivity contribution >= 4 is 28.4 Å². The van der Waals surface area contributed by atoms with Gasteiger partial charge in [0.05, 0.1) is 12.1 Å². The quantitative estimate of drug-likeness (QED) is 0.224. The number of fused-ring (bicyclic) bond motifs is 1. The first-order valence-electron chi connectivity index (χ1n) is 15.0. The molecule has 2 N–H and O–H groups in total. The smallest absolute Gasteiger partial charge is 0.368 e. The van der Waals surface area contributed by atoms with E-state index in [1.54, 1.807) is 40.3 Å². The number of anilines is 3. The lowest BCUT2D eigenvalue weighted by molar-refractivity contribution is -0.137. The highest BCUT2D eigenvalue weighted by molar-refractivity contribution is 5.77. The van der Waals surface area contributed by atoms with Crippen LogP contribution in [-0.2, 0) is 12.7 Å². The number of benzene rings is 1. The fourth-order valence-corrected chi connectivity index (χ4v) is 5.89. The van der Waals surface area contributed by atoms with Crippen LogP contribution in [0.4, 0.5) is 30.5 Å². The third-order valence-electron chi connectivity index (χ3n) is 8.25. The molecule has 1 aliphatic rings. The number of piperazine rings is 1. The van der Waals surface area contributed by atoms with Crippen LogP contribution >= 0.6 is 0 Å². The molecule has 5 heterocycles. The van der Waals surface area contributed by atoms with Crippen LogP contribution in [0.1, 0.15) is 49.6 Å². The standard InChI is InChI=1S/C32H34F3N9O/c1-3-21(4-2)25-17-22-19-39-31(40-23-5-6-27(26(18-23)32(33,34)35)42-14-11-37-12-15-42)41-29(22)44(30(25)45)20-28-38-13-16-43(28)24-7-9-36-10-8-24/h5-10,13,16-19,21,37H,3-4,11-12,14-15,20H2,1-2H3,(H,39,40,41). The van der Waals surface area contributed by atoms with Crippen molar-refractivity contribution in [3.63, 3.8) is 0 Å². The van der Waals surface area contributed by atoms with Gasteiger partial charge in [-0.2, -0.15) is 18.2 Å². The van der Waals surface area contributed by atoms with Crippen LogP contribution in [0, 0.1) is 0 Å². The van der Waals surface area contributed by atoms with Crippen molar-refractivity contribution in [2.45, 2.75) is 45.3 Å². The highest BCUT2D eigenvalue weighted by Crippen LogP contribution is 2.39. The molecule has 1 aromatic carbocycles. The molecule has 13 heteroatoms. The minimum atomic E-state index is -4.55. The number of halogens is 3. The predicted octanol–water partition coefficient (Wildman–Crippen LogP) is 5.50. The fourth-order valence-electron chi connectivity index (χ4n) is 5.89. The van der Waals surface area contributed by atoms with Crippen molar-refractivity contribution in [2.75, 3.05) is 36.4 Å². The Morgan fingerprint density at radius 3 is 2.47 bits per heavy atom. The fraction of sp³-hybridized carbons (Fsp3) is 0.344. The third-order valence-corrected chi connectivity index (χ3v) is 8.25. The van der Waals surface area contributed by atoms with Gasteiger partial charge < -0.3 is 20.1 Å². The molecular weight excluding hydrogens is 583 g/mol. The summed E-state index contributed by atoms with van der Waals surface area (Å²) in [6.07, 6.45) is 5.46. The molecule has 0 unspecified atom stereocenters. The van der Waals surface area contributed by atoms with Gasteiger partial charge in [0, 0.05) is 85.2 Å². The lowest BCUT2D eigenvalue weighted by Crippen LogP contribution is -2.44. The Kier molecular flexibility index (Phi) is 8.52. The Bertz CT molecular complexity index is 1840. The Balaban J connectivity index is 1.41. The summed E-state index contributed by atoms with van der Waals surface area (Å²) in [4.78, 5) is 33.5. The lowest BCUT2D eigenvalue weighted by atomic mass is 9.94. The summed E-state index contributed by atoms with van der Waals surface area (Å²) in [5, 5.41) is 6.76. The third kappa shape index (κ3) is 6.25. The average molecular weight is 618 g/mol. The molecule has 1 fully saturated rings. The maximum absolute atomic E-state index is 14.2. The molecular formula is C32H34F3N9O. The molecule has 0 saturated carbocycles. The van der Waals surface area contributed by atoms with Crippen molar-refractivity contribution in [3.05, 3.63) is 94.7 Å². The SMILES string of the molecule is CCC(CC)c1cc2cnc(Nc3ccc(N4CCNCC4)c(C(F)(F)F)c3)nc2n(Cc2nccn2-c2ccncc2)c1=O. The topological polar surface area (TPSA) is 106 Å². The maximum atomic E-state index is 14.2. The second-order valence-corrected chi connectivity index (χ2v) is 11.0. The second-order valence-electron chi connectivity index (χ2n) is 11.0. The van der Waals surface area contributed by atoms with E-state index in [4.69, 9.17) is 0 Å². The highest BCUT2D eigenvalue weighted by atomic mass is 19.4. The van der Waals surface area contributed by atoms with Crippen LogP contribution in [0.2, 0.25) is 0 Å². The largest absolute Gasteiger partial charge is 0.418 e. The summed E-state index contributed by atoms with van der Waals surface area (Å²) in [7, 11) is 0. The highest BCUT2D eigenvalue weighted by Gasteiger charge is 2.35. The van der Waals surface area contributed by atoms with E-state index in [2.05, 4.69) is 30.6 Å². The van der Waals surface area contributed by atoms with Crippen LogP contribution in [0.25, 0.3) is 16.7 Å². The monoisotopic (exact) mass is 617 g/mol. The van der Waals surface area contributed by atoms with Gasteiger partial charge in [-0.3, -0.25) is 14.3 Å². The minimum absolute atomic E-state index is 0.0425. The summed E-state index contributed by atoms with van der Waals surface area (Å²) in [6.45, 7) is 6.41. The van der Waals surface area contributed by atoms with E-state index in [0.29, 0.717) is 48.6 Å². The van der Waals surface area contributed by atoms with Crippen molar-refractivity contribution in [2.24, 2.45) is 0 Å². The zero-order valence-electron chi connectivity index (χ0n) is 25.1. The van der Waals surface area contributed by atoms with Crippen molar-refractivity contribution < 1.29 is 13.2 Å². The number of imidazole rings is 1. The lowest BCUT2D eigenvalue weighted by Gasteiger charge is -2.31. The van der Waals surface area contributed by atoms with E-state index in [0.717, 1.165) is 24.6 Å². The molecule has 6 rings (SSSR count). The van der Waals surface area contributed by atoms with Crippen molar-refractivity contribution in [3.8, 4) is 5.69 Å². The van der Waals surface area contributed by atoms with E-state index in [-0.39, 0.29) is 35.3 Å². The number of nitrogens with zero attached hydrogens (tertiary/aromatic N) is 7. The molecule has 5 aromatic rings. The van der Waals surface area contributed by atoms with Gasteiger partial charge in [-0.05, 0) is 55.2 Å². The van der Waals surface area contributed by atoms with Gasteiger partial charge in [-0.25, -0.2) is 9.97 Å². The molecule has 0 amide bonds. The molecule has 0 radical (unpaired) electrons. The van der Waals surface area contributed by atoms with Gasteiger partial charge in [-0.1, -0.05) is 13.8 Å². The van der Waals surface area contributed by atoms with Crippen LogP contribution in [-0.4, -0.2) is 55.2 Å². The summed E-state index contributed by atoms with van der Waals surface area (Å²) in [5.41, 5.74) is 1.27. The van der Waals surface area contributed by atoms with Crippen LogP contribution in [0.5, 0.6) is 0 Å². The predicted molar refractivity (Wildman–Crippen MR) is 167 cm³/mol. The average Bonchev–Trinajstić information content (AvgIpc) is 3.52. The van der Waals surface area contributed by atoms with E-state index in [9.17, 15) is 18.0 Å². The number of rotatable bonds is 9. The Hall–Kier alpha value is -4.78. The maximum Gasteiger partial charge on any atom is 0.418 e. The summed E-state index contributed by atoms with van der Waals surface area (Å²) in [5.74, 6) is 0.727. The Morgan fingerprint density at radius 1 is 1.00 bits per heavy atom. The molecule has 234 valence electrons. The molecule has 0 aliphatic carbocycles. The van der Waals surface area contributed by atoms with Gasteiger partial charge in [0.25, 0.3) is 5.56 Å². The number of hydrogen-bond acceptors (Lipinski definition) is 8. The molecule has 1 aliphatic heterocycles. The number of aromatic nitrogens is 6. The first kappa shape index (κ1) is 30.3. The minimum Gasteiger partial charge on any atom is -0.368 e. The number of alkyl halides is 3. The molecule has 45 heavy (non-hydrogen) atoms. The summed E-state index contributed by atoms with van der Waals surface area (Å²) in [6, 6.07) is 9.68. The molecule has 4 aromatic heterocycles. The second kappa shape index (κ2) is 12.7. The number of nitrogens with one attached hydrogen (secondary N) is 2. The van der Waals surface area contributed by atoms with Crippen LogP contribution in [0.3, 0.4) is 0 Å². The summed E-state index contributed by atoms with van der Waals surface area (Å²) >= 11 is 0. The van der Waals surface area contributed by atoms with E-state index in [1.165, 1.54) is 6.07 Å². The van der Waals surface area contributed by atoms with Gasteiger partial charge in [-0.15, -0.1) is 0 Å². The zero-order valence-corrected chi connectivity index (χ0v) is 25.1. The number of pyridine rings is 2. The Morgan fingerprint density at radius 2 is 1.76 bits per heavy atom. The van der Waals surface area contributed by atoms with Crippen LogP contribution in [0.15, 0.2) is 72.2 Å². The molecule has 0 atom stereocenters. The molecule has 0 spiro atoms. The van der Waals surface area contributed by atoms with Gasteiger partial charge in [0.1, 0.15) is 11.5 Å². The van der Waals surface area contributed by atoms with Gasteiger partial charge in [0.2, 0.25) is 5.95 Å². The van der Waals surface area contributed by atoms with Gasteiger partial charge in [0.15, 0.2) is 0 Å². The normalized spacial score (nSPS) is 14.0. The van der Waals surface area contributed by atoms with Crippen molar-refractivity contribution in [1.82, 2.24) is 34.4 Å². The van der Waals surface area contributed by atoms with Crippen molar-refractivity contribution in [1.29, 1.82) is 0 Å². The molecule has 1 saturated heterocycles. The summed E-state index contributed by atoms with van der Waals surface area (Å²) < 4.78 is 46.0. The molecule has 0 bridgehead atoms. The zero-order chi connectivity index (χ0) is 31.6. The first-order valence-corrected chi connectivity index (χ1v) is 15.0. The van der Waals surface area contributed by atoms with Crippen LogP contribution < -0.4 is 21.1 Å².